The van der Waals surface area contributed by atoms with Crippen molar-refractivity contribution >= 4 is 11.8 Å². The van der Waals surface area contributed by atoms with Crippen molar-refractivity contribution in [1.82, 2.24) is 10.6 Å². The summed E-state index contributed by atoms with van der Waals surface area (Å²) < 4.78 is 0. The second-order valence-corrected chi connectivity index (χ2v) is 3.97. The maximum absolute atomic E-state index is 11.3. The highest BCUT2D eigenvalue weighted by Crippen LogP contribution is 2.12. The zero-order chi connectivity index (χ0) is 11.4. The minimum absolute atomic E-state index is 0.109. The molecule has 0 aromatic heterocycles. The summed E-state index contributed by atoms with van der Waals surface area (Å²) in [6.07, 6.45) is 0. The van der Waals surface area contributed by atoms with E-state index in [9.17, 15) is 9.59 Å². The molecule has 0 radical (unpaired) electrons. The van der Waals surface area contributed by atoms with Gasteiger partial charge >= 0.3 is 0 Å². The van der Waals surface area contributed by atoms with Crippen LogP contribution in [0.4, 0.5) is 0 Å². The first kappa shape index (κ1) is 12.9. The molecule has 0 aliphatic carbocycles. The van der Waals surface area contributed by atoms with Crippen molar-refractivity contribution in [2.75, 3.05) is 13.6 Å². The number of nitrogens with one attached hydrogen (secondary N) is 2. The van der Waals surface area contributed by atoms with Gasteiger partial charge in [-0.05, 0) is 20.8 Å². The van der Waals surface area contributed by atoms with Gasteiger partial charge in [-0.2, -0.15) is 0 Å². The molecule has 5 nitrogen and oxygen atoms in total. The number of hydrogen-bond acceptors (Lipinski definition) is 3. The third-order valence-electron chi connectivity index (χ3n) is 1.96. The Morgan fingerprint density at radius 3 is 2.29 bits per heavy atom. The molecule has 0 aromatic rings. The Hall–Kier alpha value is -1.10. The quantitative estimate of drug-likeness (QED) is 0.558. The number of carbonyl (C=O) groups is 2. The van der Waals surface area contributed by atoms with Gasteiger partial charge in [-0.15, -0.1) is 0 Å². The average molecular weight is 201 g/mol. The topological polar surface area (TPSA) is 84.2 Å². The highest BCUT2D eigenvalue weighted by molar-refractivity contribution is 5.84. The van der Waals surface area contributed by atoms with Crippen molar-refractivity contribution in [2.45, 2.75) is 26.8 Å². The van der Waals surface area contributed by atoms with E-state index >= 15 is 0 Å². The highest BCUT2D eigenvalue weighted by Gasteiger charge is 2.27. The zero-order valence-corrected chi connectivity index (χ0v) is 9.18. The highest BCUT2D eigenvalue weighted by atomic mass is 16.2. The molecule has 0 heterocycles. The lowest BCUT2D eigenvalue weighted by Crippen LogP contribution is -2.47. The predicted molar refractivity (Wildman–Crippen MR) is 54.5 cm³/mol. The average Bonchev–Trinajstić information content (AvgIpc) is 2.12. The second-order valence-electron chi connectivity index (χ2n) is 3.97. The summed E-state index contributed by atoms with van der Waals surface area (Å²) in [5.41, 5.74) is 4.75. The van der Waals surface area contributed by atoms with Crippen LogP contribution >= 0.6 is 0 Å². The summed E-state index contributed by atoms with van der Waals surface area (Å²) in [5.74, 6) is -0.357. The second kappa shape index (κ2) is 4.95. The lowest BCUT2D eigenvalue weighted by molar-refractivity contribution is -0.129. The van der Waals surface area contributed by atoms with Crippen LogP contribution in [0, 0.1) is 5.41 Å². The predicted octanol–water partition coefficient (Wildman–Crippen LogP) is -0.778. The fraction of sp³-hybridized carbons (Fsp3) is 0.778. The Morgan fingerprint density at radius 2 is 1.93 bits per heavy atom. The molecule has 0 rings (SSSR count). The fourth-order valence-electron chi connectivity index (χ4n) is 0.888. The van der Waals surface area contributed by atoms with Crippen LogP contribution in [0.2, 0.25) is 0 Å². The van der Waals surface area contributed by atoms with Gasteiger partial charge in [0.15, 0.2) is 0 Å². The van der Waals surface area contributed by atoms with Gasteiger partial charge < -0.3 is 16.4 Å². The van der Waals surface area contributed by atoms with Gasteiger partial charge in [0.05, 0.1) is 11.5 Å². The third-order valence-corrected chi connectivity index (χ3v) is 1.96. The number of amides is 2. The molecule has 1 atom stereocenters. The first-order valence-corrected chi connectivity index (χ1v) is 4.56. The van der Waals surface area contributed by atoms with Crippen LogP contribution in [0.1, 0.15) is 20.8 Å². The monoisotopic (exact) mass is 201 g/mol. The largest absolute Gasteiger partial charge is 0.359 e. The van der Waals surface area contributed by atoms with Crippen LogP contribution in [0.15, 0.2) is 0 Å². The van der Waals surface area contributed by atoms with Crippen molar-refractivity contribution in [3.63, 3.8) is 0 Å². The van der Waals surface area contributed by atoms with E-state index in [1.165, 1.54) is 0 Å². The summed E-state index contributed by atoms with van der Waals surface area (Å²) in [6, 6.07) is -0.546. The number of carbonyl (C=O) groups excluding carboxylic acids is 2. The van der Waals surface area contributed by atoms with Crippen LogP contribution < -0.4 is 16.4 Å². The van der Waals surface area contributed by atoms with Crippen molar-refractivity contribution in [1.29, 1.82) is 0 Å². The summed E-state index contributed by atoms with van der Waals surface area (Å²) in [4.78, 5) is 22.5. The van der Waals surface area contributed by atoms with Crippen molar-refractivity contribution in [3.05, 3.63) is 0 Å². The Bertz CT molecular complexity index is 224. The minimum atomic E-state index is -0.612. The molecule has 0 saturated carbocycles. The summed E-state index contributed by atoms with van der Waals surface area (Å²) in [5, 5.41) is 5.15. The van der Waals surface area contributed by atoms with Crippen LogP contribution in [-0.4, -0.2) is 31.4 Å². The number of nitrogens with two attached hydrogens (primary N) is 1. The molecule has 0 aliphatic rings. The van der Waals surface area contributed by atoms with Gasteiger partial charge in [0, 0.05) is 13.6 Å². The van der Waals surface area contributed by atoms with Crippen LogP contribution in [0.3, 0.4) is 0 Å². The van der Waals surface area contributed by atoms with E-state index in [1.807, 2.05) is 0 Å². The van der Waals surface area contributed by atoms with E-state index < -0.39 is 11.5 Å². The van der Waals surface area contributed by atoms with Gasteiger partial charge in [-0.1, -0.05) is 0 Å². The molecule has 5 heteroatoms. The van der Waals surface area contributed by atoms with Gasteiger partial charge in [0.2, 0.25) is 11.8 Å². The molecule has 14 heavy (non-hydrogen) atoms. The normalized spacial score (nSPS) is 13.2. The summed E-state index contributed by atoms with van der Waals surface area (Å²) in [6.45, 7) is 5.40. The Labute approximate surface area is 84.4 Å². The van der Waals surface area contributed by atoms with E-state index in [-0.39, 0.29) is 18.4 Å². The molecule has 82 valence electrons. The fourth-order valence-corrected chi connectivity index (χ4v) is 0.888. The van der Waals surface area contributed by atoms with Crippen molar-refractivity contribution < 1.29 is 9.59 Å². The zero-order valence-electron chi connectivity index (χ0n) is 9.18. The Kier molecular flexibility index (Phi) is 4.56. The van der Waals surface area contributed by atoms with Crippen molar-refractivity contribution in [2.24, 2.45) is 11.1 Å². The molecule has 0 bridgehead atoms. The maximum atomic E-state index is 11.3. The van der Waals surface area contributed by atoms with E-state index in [0.29, 0.717) is 0 Å². The SMILES string of the molecule is CNC(=O)C(C)(C)CNC(=O)[C@H](C)N. The van der Waals surface area contributed by atoms with E-state index in [1.54, 1.807) is 27.8 Å². The molecule has 0 saturated heterocycles. The standard InChI is InChI=1S/C9H19N3O2/c1-6(10)7(13)12-5-9(2,3)8(14)11-4/h6H,5,10H2,1-4H3,(H,11,14)(H,12,13)/t6-/m0/s1. The van der Waals surface area contributed by atoms with E-state index in [2.05, 4.69) is 10.6 Å². The van der Waals surface area contributed by atoms with Crippen LogP contribution in [0.25, 0.3) is 0 Å². The Morgan fingerprint density at radius 1 is 1.43 bits per heavy atom. The molecule has 4 N–H and O–H groups in total. The number of rotatable bonds is 4. The lowest BCUT2D eigenvalue weighted by atomic mass is 9.92. The molecule has 0 fully saturated rings. The molecule has 0 aromatic carbocycles. The first-order chi connectivity index (χ1) is 6.31. The summed E-state index contributed by atoms with van der Waals surface area (Å²) in [7, 11) is 1.57. The molecule has 0 unspecified atom stereocenters. The summed E-state index contributed by atoms with van der Waals surface area (Å²) >= 11 is 0. The van der Waals surface area contributed by atoms with Gasteiger partial charge in [-0.25, -0.2) is 0 Å². The van der Waals surface area contributed by atoms with Gasteiger partial charge in [0.1, 0.15) is 0 Å². The lowest BCUT2D eigenvalue weighted by Gasteiger charge is -2.23. The maximum Gasteiger partial charge on any atom is 0.236 e. The molecular weight excluding hydrogens is 182 g/mol. The van der Waals surface area contributed by atoms with Crippen LogP contribution in [-0.2, 0) is 9.59 Å². The molecular formula is C9H19N3O2. The first-order valence-electron chi connectivity index (χ1n) is 4.56. The van der Waals surface area contributed by atoms with Gasteiger partial charge in [-0.3, -0.25) is 9.59 Å². The molecule has 2 amide bonds. The van der Waals surface area contributed by atoms with Gasteiger partial charge in [0.25, 0.3) is 0 Å². The smallest absolute Gasteiger partial charge is 0.236 e. The molecule has 0 spiro atoms. The van der Waals surface area contributed by atoms with E-state index in [0.717, 1.165) is 0 Å². The van der Waals surface area contributed by atoms with Crippen molar-refractivity contribution in [3.8, 4) is 0 Å². The minimum Gasteiger partial charge on any atom is -0.359 e. The third kappa shape index (κ3) is 3.74. The number of hydrogen-bond donors (Lipinski definition) is 3. The van der Waals surface area contributed by atoms with E-state index in [4.69, 9.17) is 5.73 Å². The van der Waals surface area contributed by atoms with Crippen LogP contribution in [0.5, 0.6) is 0 Å². The molecule has 0 aliphatic heterocycles. The Balaban J connectivity index is 4.12.